The van der Waals surface area contributed by atoms with Crippen LogP contribution in [-0.4, -0.2) is 9.52 Å². The summed E-state index contributed by atoms with van der Waals surface area (Å²) in [6.07, 6.45) is 0. The molecule has 6 aromatic carbocycles. The van der Waals surface area contributed by atoms with Crippen molar-refractivity contribution in [1.29, 1.82) is 0 Å². The second-order valence-electron chi connectivity index (χ2n) is 11.2. The molecule has 0 saturated carbocycles. The van der Waals surface area contributed by atoms with Gasteiger partial charge in [-0.15, -0.1) is 68.6 Å². The van der Waals surface area contributed by atoms with E-state index in [2.05, 4.69) is 158 Å². The Morgan fingerprint density at radius 1 is 0.605 bits per heavy atom. The Kier molecular flexibility index (Phi) is 14.2. The van der Waals surface area contributed by atoms with Gasteiger partial charge < -0.3 is 0 Å². The Hall–Kier alpha value is -2.22. The van der Waals surface area contributed by atoms with E-state index in [1.807, 2.05) is 0 Å². The van der Waals surface area contributed by atoms with Crippen LogP contribution < -0.4 is 0 Å². The van der Waals surface area contributed by atoms with Gasteiger partial charge in [0.1, 0.15) is 0 Å². The van der Waals surface area contributed by atoms with Crippen LogP contribution in [0.25, 0.3) is 43.8 Å². The van der Waals surface area contributed by atoms with E-state index in [0.717, 1.165) is 9.52 Å². The van der Waals surface area contributed by atoms with Gasteiger partial charge in [-0.25, -0.2) is 0 Å². The number of benzene rings is 4. The van der Waals surface area contributed by atoms with Crippen LogP contribution >= 0.6 is 17.0 Å². The summed E-state index contributed by atoms with van der Waals surface area (Å²) in [5.41, 5.74) is 12.2. The molecule has 0 unspecified atom stereocenters. The summed E-state index contributed by atoms with van der Waals surface area (Å²) in [7, 11) is 11.0. The van der Waals surface area contributed by atoms with Crippen LogP contribution in [0.4, 0.5) is 0 Å². The number of rotatable bonds is 3. The molecule has 0 atom stereocenters. The summed E-state index contributed by atoms with van der Waals surface area (Å²) >= 11 is -0.826. The molecule has 0 fully saturated rings. The van der Waals surface area contributed by atoms with Crippen molar-refractivity contribution >= 4 is 48.1 Å². The van der Waals surface area contributed by atoms with Gasteiger partial charge in [-0.1, -0.05) is 113 Å². The fourth-order valence-electron chi connectivity index (χ4n) is 5.40. The van der Waals surface area contributed by atoms with Crippen molar-refractivity contribution in [1.82, 2.24) is 0 Å². The number of halogens is 2. The van der Waals surface area contributed by atoms with Crippen LogP contribution in [-0.2, 0) is 20.8 Å². The van der Waals surface area contributed by atoms with Gasteiger partial charge in [0.15, 0.2) is 0 Å². The Morgan fingerprint density at radius 3 is 1.65 bits per heavy atom. The zero-order valence-electron chi connectivity index (χ0n) is 26.6. The zero-order valence-corrected chi connectivity index (χ0v) is 31.6. The van der Waals surface area contributed by atoms with Crippen molar-refractivity contribution in [3.63, 3.8) is 0 Å². The first-order valence-electron chi connectivity index (χ1n) is 14.7. The summed E-state index contributed by atoms with van der Waals surface area (Å²) in [5, 5.41) is 5.49. The molecule has 0 aromatic heterocycles. The van der Waals surface area contributed by atoms with Crippen molar-refractivity contribution < 1.29 is 20.8 Å². The number of aryl methyl sites for hydroxylation is 4. The van der Waals surface area contributed by atoms with Gasteiger partial charge in [-0.3, -0.25) is 0 Å². The van der Waals surface area contributed by atoms with Gasteiger partial charge in [-0.05, 0) is 42.0 Å². The van der Waals surface area contributed by atoms with Crippen LogP contribution in [0.15, 0.2) is 103 Å². The molecule has 0 bridgehead atoms. The summed E-state index contributed by atoms with van der Waals surface area (Å²) in [6, 6.07) is 37.5. The Balaban J connectivity index is 0.000000200. The molecule has 0 N–H and O–H groups in total. The molecule has 2 radical (unpaired) electrons. The maximum atomic E-state index is 4.93. The van der Waals surface area contributed by atoms with Crippen LogP contribution in [0, 0.1) is 27.7 Å². The third kappa shape index (κ3) is 9.15. The molecule has 0 amide bonds. The molecular weight excluding hydrogens is 659 g/mol. The normalized spacial score (nSPS) is 10.3. The fraction of sp³-hybridized carbons (Fsp3) is 0.231. The van der Waals surface area contributed by atoms with Gasteiger partial charge >= 0.3 is 37.9 Å². The first-order chi connectivity index (χ1) is 20.7. The minimum absolute atomic E-state index is 0.581. The van der Waals surface area contributed by atoms with E-state index in [1.165, 1.54) is 71.6 Å². The third-order valence-corrected chi connectivity index (χ3v) is 7.56. The average Bonchev–Trinajstić information content (AvgIpc) is 3.60. The van der Waals surface area contributed by atoms with Gasteiger partial charge in [0.05, 0.1) is 0 Å². The SMILES string of the molecule is C[Si]C.Cc1cc2c(-c3ccccc3C)ccc(C)c2[cH-]1.Cc1ccccc1-c1cccc2[cH-]c(C(C)C)cc12.[Cl][Zr+2][Cl]. The summed E-state index contributed by atoms with van der Waals surface area (Å²) in [6.45, 7) is 17.5. The average molecular weight is 701 g/mol. The first kappa shape index (κ1) is 35.3. The fourth-order valence-corrected chi connectivity index (χ4v) is 5.40. The van der Waals surface area contributed by atoms with E-state index in [-0.39, 0.29) is 0 Å². The first-order valence-corrected chi connectivity index (χ1v) is 23.0. The van der Waals surface area contributed by atoms with Crippen molar-refractivity contribution in [3.8, 4) is 22.3 Å². The topological polar surface area (TPSA) is 0 Å². The summed E-state index contributed by atoms with van der Waals surface area (Å²) in [5.74, 6) is 0.581. The van der Waals surface area contributed by atoms with Crippen molar-refractivity contribution in [2.45, 2.75) is 60.6 Å². The van der Waals surface area contributed by atoms with Crippen LogP contribution in [0.1, 0.15) is 47.6 Å². The van der Waals surface area contributed by atoms with E-state index in [9.17, 15) is 0 Å². The van der Waals surface area contributed by atoms with Gasteiger partial charge in [0.25, 0.3) is 0 Å². The number of hydrogen-bond donors (Lipinski definition) is 0. The molecule has 0 saturated heterocycles. The van der Waals surface area contributed by atoms with Gasteiger partial charge in [0.2, 0.25) is 0 Å². The molecule has 0 aliphatic carbocycles. The van der Waals surface area contributed by atoms with E-state index in [4.69, 9.17) is 17.0 Å². The maximum absolute atomic E-state index is 4.93. The predicted octanol–water partition coefficient (Wildman–Crippen LogP) is 13.0. The van der Waals surface area contributed by atoms with Crippen LogP contribution in [0.2, 0.25) is 13.1 Å². The second kappa shape index (κ2) is 17.3. The van der Waals surface area contributed by atoms with Crippen molar-refractivity contribution in [3.05, 3.63) is 131 Å². The van der Waals surface area contributed by atoms with Crippen LogP contribution in [0.3, 0.4) is 0 Å². The Bertz CT molecular complexity index is 1740. The standard InChI is InChI=1S/C19H19.C18H17.C2H6Si.2ClH.Zr/c1-13(2)16-11-15-8-6-10-18(19(15)12-16)17-9-5-4-7-14(17)3;1-12-10-17-14(3)8-9-16(18(17)11-12)15-7-5-4-6-13(15)2;1-3-2;;;/h4-13H,1-3H3;4-11H,1-3H3;1-2H3;2*1H;/q2*-1;;;;+4/p-2. The van der Waals surface area contributed by atoms with E-state index < -0.39 is 20.8 Å². The molecule has 4 heteroatoms. The summed E-state index contributed by atoms with van der Waals surface area (Å²) < 4.78 is 0. The molecule has 0 aliphatic heterocycles. The molecule has 0 nitrogen and oxygen atoms in total. The molecule has 6 rings (SSSR count). The second-order valence-corrected chi connectivity index (χ2v) is 16.0. The molecular formula is C39H42Cl2SiZr. The predicted molar refractivity (Wildman–Crippen MR) is 192 cm³/mol. The van der Waals surface area contributed by atoms with Crippen molar-refractivity contribution in [2.75, 3.05) is 0 Å². The van der Waals surface area contributed by atoms with E-state index in [0.29, 0.717) is 5.92 Å². The Labute approximate surface area is 280 Å². The monoisotopic (exact) mass is 698 g/mol. The van der Waals surface area contributed by atoms with Crippen molar-refractivity contribution in [2.24, 2.45) is 0 Å². The number of hydrogen-bond acceptors (Lipinski definition) is 0. The van der Waals surface area contributed by atoms with Crippen LogP contribution in [0.5, 0.6) is 0 Å². The molecule has 6 aromatic rings. The third-order valence-electron chi connectivity index (χ3n) is 7.56. The van der Waals surface area contributed by atoms with Gasteiger partial charge in [0, 0.05) is 9.52 Å². The Morgan fingerprint density at radius 2 is 1.12 bits per heavy atom. The number of fused-ring (bicyclic) bond motifs is 2. The summed E-state index contributed by atoms with van der Waals surface area (Å²) in [4.78, 5) is 0. The molecule has 43 heavy (non-hydrogen) atoms. The molecule has 0 spiro atoms. The molecule has 220 valence electrons. The minimum atomic E-state index is -0.826. The van der Waals surface area contributed by atoms with E-state index >= 15 is 0 Å². The molecule has 0 aliphatic rings. The quantitative estimate of drug-likeness (QED) is 0.127. The molecule has 0 heterocycles. The van der Waals surface area contributed by atoms with E-state index in [1.54, 1.807) is 0 Å². The zero-order chi connectivity index (χ0) is 31.5. The van der Waals surface area contributed by atoms with Gasteiger partial charge in [-0.2, -0.15) is 12.1 Å².